The highest BCUT2D eigenvalue weighted by molar-refractivity contribution is 6.33. The number of amides is 1. The fourth-order valence-electron chi connectivity index (χ4n) is 1.25. The molecule has 0 atom stereocenters. The van der Waals surface area contributed by atoms with Gasteiger partial charge in [0.15, 0.2) is 6.54 Å². The van der Waals surface area contributed by atoms with Crippen molar-refractivity contribution in [1.82, 2.24) is 5.43 Å². The first-order valence-corrected chi connectivity index (χ1v) is 5.17. The third-order valence-corrected chi connectivity index (χ3v) is 2.34. The monoisotopic (exact) mass is 237 g/mol. The van der Waals surface area contributed by atoms with E-state index in [-0.39, 0.29) is 10.5 Å². The summed E-state index contributed by atoms with van der Waals surface area (Å²) in [5.41, 5.74) is 3.24. The van der Waals surface area contributed by atoms with Gasteiger partial charge in [0.05, 0.1) is 24.7 Å². The largest absolute Gasteiger partial charge is 0.297 e. The summed E-state index contributed by atoms with van der Waals surface area (Å²) in [6.07, 6.45) is 5.22. The molecule has 0 unspecified atom stereocenters. The van der Waals surface area contributed by atoms with Gasteiger partial charge < -0.3 is 0 Å². The van der Waals surface area contributed by atoms with Gasteiger partial charge in [-0.05, 0) is 18.1 Å². The number of nitrogens with one attached hydrogen (secondary N) is 1. The molecule has 0 saturated carbocycles. The van der Waals surface area contributed by atoms with Crippen molar-refractivity contribution < 1.29 is 9.39 Å². The van der Waals surface area contributed by atoms with E-state index in [0.717, 1.165) is 0 Å². The molecule has 84 valence electrons. The van der Waals surface area contributed by atoms with Crippen LogP contribution in [0.4, 0.5) is 0 Å². The van der Waals surface area contributed by atoms with E-state index in [9.17, 15) is 4.79 Å². The maximum absolute atomic E-state index is 11.9. The van der Waals surface area contributed by atoms with E-state index in [1.807, 2.05) is 14.1 Å². The van der Waals surface area contributed by atoms with Crippen molar-refractivity contribution in [3.8, 4) is 12.3 Å². The van der Waals surface area contributed by atoms with Crippen molar-refractivity contribution in [2.45, 2.75) is 0 Å². The van der Waals surface area contributed by atoms with Crippen molar-refractivity contribution in [3.05, 3.63) is 34.9 Å². The molecule has 0 aromatic heterocycles. The number of benzene rings is 1. The SMILES string of the molecule is C#CC[N+](C)(C)NC(=O)c1ccccc1Cl. The predicted molar refractivity (Wildman–Crippen MR) is 64.7 cm³/mol. The third kappa shape index (κ3) is 3.27. The number of rotatable bonds is 3. The second-order valence-electron chi connectivity index (χ2n) is 3.97. The van der Waals surface area contributed by atoms with Crippen LogP contribution in [0.15, 0.2) is 24.3 Å². The number of carbonyl (C=O) groups excluding carboxylic acids is 1. The highest BCUT2D eigenvalue weighted by Crippen LogP contribution is 2.14. The molecule has 1 amide bonds. The Morgan fingerprint density at radius 3 is 2.69 bits per heavy atom. The van der Waals surface area contributed by atoms with Crippen LogP contribution in [-0.4, -0.2) is 31.1 Å². The molecule has 3 nitrogen and oxygen atoms in total. The van der Waals surface area contributed by atoms with Gasteiger partial charge in [-0.1, -0.05) is 23.7 Å². The lowest BCUT2D eigenvalue weighted by Gasteiger charge is -2.26. The van der Waals surface area contributed by atoms with Gasteiger partial charge in [0, 0.05) is 0 Å². The first-order chi connectivity index (χ1) is 7.46. The van der Waals surface area contributed by atoms with Crippen LogP contribution in [0.2, 0.25) is 5.02 Å². The number of halogens is 1. The number of hydrogen-bond acceptors (Lipinski definition) is 1. The fraction of sp³-hybridized carbons (Fsp3) is 0.250. The molecule has 0 aliphatic carbocycles. The molecule has 0 radical (unpaired) electrons. The molecule has 0 heterocycles. The molecule has 0 aliphatic heterocycles. The molecule has 4 heteroatoms. The van der Waals surface area contributed by atoms with Crippen molar-refractivity contribution in [1.29, 1.82) is 0 Å². The van der Waals surface area contributed by atoms with Crippen molar-refractivity contribution >= 4 is 17.5 Å². The lowest BCUT2D eigenvalue weighted by molar-refractivity contribution is -0.917. The van der Waals surface area contributed by atoms with Crippen LogP contribution in [0.25, 0.3) is 0 Å². The van der Waals surface area contributed by atoms with Crippen LogP contribution in [0.1, 0.15) is 10.4 Å². The molecule has 0 spiro atoms. The number of nitrogens with zero attached hydrogens (tertiary/aromatic N) is 1. The van der Waals surface area contributed by atoms with Crippen LogP contribution >= 0.6 is 11.6 Å². The molecule has 1 aromatic rings. The molecular formula is C12H14ClN2O+. The van der Waals surface area contributed by atoms with Crippen LogP contribution in [0.3, 0.4) is 0 Å². The zero-order valence-electron chi connectivity index (χ0n) is 9.33. The zero-order chi connectivity index (χ0) is 12.2. The van der Waals surface area contributed by atoms with Crippen LogP contribution < -0.4 is 5.43 Å². The van der Waals surface area contributed by atoms with Crippen LogP contribution in [0, 0.1) is 12.3 Å². The maximum atomic E-state index is 11.9. The van der Waals surface area contributed by atoms with E-state index in [1.54, 1.807) is 24.3 Å². The normalized spacial score (nSPS) is 10.6. The molecular weight excluding hydrogens is 224 g/mol. The summed E-state index contributed by atoms with van der Waals surface area (Å²) in [6, 6.07) is 6.90. The second-order valence-corrected chi connectivity index (χ2v) is 4.38. The minimum absolute atomic E-state index is 0.223. The minimum Gasteiger partial charge on any atom is -0.264 e. The summed E-state index contributed by atoms with van der Waals surface area (Å²) in [5.74, 6) is 2.27. The van der Waals surface area contributed by atoms with Gasteiger partial charge in [0.1, 0.15) is 0 Å². The summed E-state index contributed by atoms with van der Waals surface area (Å²) in [4.78, 5) is 11.9. The average molecular weight is 238 g/mol. The molecule has 1 aromatic carbocycles. The Hall–Kier alpha value is -1.50. The first-order valence-electron chi connectivity index (χ1n) is 4.80. The lowest BCUT2D eigenvalue weighted by atomic mass is 10.2. The Morgan fingerprint density at radius 1 is 1.50 bits per heavy atom. The van der Waals surface area contributed by atoms with E-state index in [0.29, 0.717) is 17.1 Å². The Morgan fingerprint density at radius 2 is 2.12 bits per heavy atom. The molecule has 0 fully saturated rings. The second kappa shape index (κ2) is 5.02. The van der Waals surface area contributed by atoms with Crippen LogP contribution in [-0.2, 0) is 0 Å². The Bertz CT molecular complexity index is 435. The highest BCUT2D eigenvalue weighted by Gasteiger charge is 2.20. The molecule has 1 N–H and O–H groups in total. The van der Waals surface area contributed by atoms with Crippen LogP contribution in [0.5, 0.6) is 0 Å². The fourth-order valence-corrected chi connectivity index (χ4v) is 1.47. The molecule has 0 bridgehead atoms. The maximum Gasteiger partial charge on any atom is 0.297 e. The Labute approximate surface area is 101 Å². The van der Waals surface area contributed by atoms with Gasteiger partial charge in [-0.25, -0.2) is 4.59 Å². The van der Waals surface area contributed by atoms with E-state index in [1.165, 1.54) is 0 Å². The topological polar surface area (TPSA) is 29.1 Å². The zero-order valence-corrected chi connectivity index (χ0v) is 10.1. The first kappa shape index (κ1) is 12.6. The van der Waals surface area contributed by atoms with Gasteiger partial charge in [-0.2, -0.15) is 5.43 Å². The molecule has 0 saturated heterocycles. The van der Waals surface area contributed by atoms with Gasteiger partial charge in [0.25, 0.3) is 5.91 Å². The van der Waals surface area contributed by atoms with Gasteiger partial charge in [0.2, 0.25) is 0 Å². The van der Waals surface area contributed by atoms with Crippen molar-refractivity contribution in [2.75, 3.05) is 20.6 Å². The van der Waals surface area contributed by atoms with E-state index in [4.69, 9.17) is 18.0 Å². The molecule has 16 heavy (non-hydrogen) atoms. The highest BCUT2D eigenvalue weighted by atomic mass is 35.5. The Balaban J connectivity index is 2.82. The molecule has 1 rings (SSSR count). The van der Waals surface area contributed by atoms with Gasteiger partial charge >= 0.3 is 0 Å². The van der Waals surface area contributed by atoms with E-state index >= 15 is 0 Å². The lowest BCUT2D eigenvalue weighted by Crippen LogP contribution is -2.54. The van der Waals surface area contributed by atoms with Gasteiger partial charge in [-0.3, -0.25) is 4.79 Å². The average Bonchev–Trinajstić information content (AvgIpc) is 2.17. The Kier molecular flexibility index (Phi) is 3.94. The minimum atomic E-state index is -0.231. The standard InChI is InChI=1S/C12H13ClN2O/c1-4-9-15(2,3)14-12(16)10-7-5-6-8-11(10)13/h1,5-8H,9H2,2-3H3/p+1. The predicted octanol–water partition coefficient (Wildman–Crippen LogP) is 1.69. The number of carbonyl (C=O) groups is 1. The third-order valence-electron chi connectivity index (χ3n) is 2.01. The summed E-state index contributed by atoms with van der Waals surface area (Å²) >= 11 is 5.92. The van der Waals surface area contributed by atoms with Crippen molar-refractivity contribution in [2.24, 2.45) is 0 Å². The van der Waals surface area contributed by atoms with E-state index in [2.05, 4.69) is 11.3 Å². The molecule has 0 aliphatic rings. The quantitative estimate of drug-likeness (QED) is 0.484. The summed E-state index contributed by atoms with van der Waals surface area (Å²) in [6.45, 7) is 0.413. The van der Waals surface area contributed by atoms with Gasteiger partial charge in [-0.15, -0.1) is 6.42 Å². The van der Waals surface area contributed by atoms with Crippen molar-refractivity contribution in [3.63, 3.8) is 0 Å². The summed E-state index contributed by atoms with van der Waals surface area (Å²) in [5, 5.41) is 0.431. The number of quaternary nitrogens is 1. The number of hydrogen-bond donors (Lipinski definition) is 1. The number of terminal acetylenes is 1. The van der Waals surface area contributed by atoms with E-state index < -0.39 is 0 Å². The summed E-state index contributed by atoms with van der Waals surface area (Å²) in [7, 11) is 3.63. The summed E-state index contributed by atoms with van der Waals surface area (Å²) < 4.78 is 0.223. The smallest absolute Gasteiger partial charge is 0.264 e.